The highest BCUT2D eigenvalue weighted by atomic mass is 19.2. The van der Waals surface area contributed by atoms with Crippen LogP contribution in [0.3, 0.4) is 0 Å². The molecule has 1 saturated carbocycles. The molecule has 2 unspecified atom stereocenters. The molecule has 0 aliphatic heterocycles. The normalized spacial score (nSPS) is 20.6. The Kier molecular flexibility index (Phi) is 6.85. The summed E-state index contributed by atoms with van der Waals surface area (Å²) in [5.74, 6) is -8.17. The monoisotopic (exact) mass is 411 g/mol. The molecule has 2 atom stereocenters. The fourth-order valence-corrected chi connectivity index (χ4v) is 3.30. The van der Waals surface area contributed by atoms with E-state index in [1.807, 2.05) is 6.07 Å². The second kappa shape index (κ2) is 8.78. The van der Waals surface area contributed by atoms with Crippen LogP contribution in [-0.2, 0) is 27.5 Å². The third-order valence-corrected chi connectivity index (χ3v) is 5.09. The standard InChI is InChI=1S/C21H21F4NO3/c1-5-6-11(8-26)7-14-15(21(14,2)3)20(27)29-10-13-18(24)16(22)12(9-28-4)17(23)19(13)25/h5-7,14-15H,9-10H2,1-4H3. The fourth-order valence-electron chi connectivity index (χ4n) is 3.30. The van der Waals surface area contributed by atoms with Gasteiger partial charge in [-0.1, -0.05) is 26.0 Å². The SMILES string of the molecule is CC=CC(C#N)=CC1C(C(=O)OCc2c(F)c(F)c(COC)c(F)c2F)C1(C)C. The van der Waals surface area contributed by atoms with E-state index in [1.54, 1.807) is 39.0 Å². The molecule has 0 amide bonds. The van der Waals surface area contributed by atoms with Crippen LogP contribution < -0.4 is 0 Å². The largest absolute Gasteiger partial charge is 0.460 e. The van der Waals surface area contributed by atoms with Gasteiger partial charge in [0.25, 0.3) is 0 Å². The van der Waals surface area contributed by atoms with Crippen molar-refractivity contribution in [1.82, 2.24) is 0 Å². The zero-order valence-corrected chi connectivity index (χ0v) is 16.5. The van der Waals surface area contributed by atoms with Gasteiger partial charge in [0.15, 0.2) is 23.3 Å². The molecule has 1 aliphatic carbocycles. The second-order valence-corrected chi connectivity index (χ2v) is 7.31. The number of carbonyl (C=O) groups excluding carboxylic acids is 1. The summed E-state index contributed by atoms with van der Waals surface area (Å²) < 4.78 is 65.7. The van der Waals surface area contributed by atoms with Gasteiger partial charge in [0.05, 0.1) is 29.7 Å². The number of carbonyl (C=O) groups is 1. The number of allylic oxidation sites excluding steroid dienone is 4. The van der Waals surface area contributed by atoms with Crippen LogP contribution in [0, 0.1) is 51.9 Å². The summed E-state index contributed by atoms with van der Waals surface area (Å²) in [5, 5.41) is 9.11. The Labute approximate surface area is 166 Å². The Morgan fingerprint density at radius 1 is 1.10 bits per heavy atom. The number of nitrogens with zero attached hydrogens (tertiary/aromatic N) is 1. The molecule has 1 aromatic carbocycles. The van der Waals surface area contributed by atoms with Crippen LogP contribution in [-0.4, -0.2) is 13.1 Å². The maximum absolute atomic E-state index is 14.1. The molecule has 0 spiro atoms. The van der Waals surface area contributed by atoms with Gasteiger partial charge in [0.2, 0.25) is 0 Å². The third-order valence-electron chi connectivity index (χ3n) is 5.09. The lowest BCUT2D eigenvalue weighted by molar-refractivity contribution is -0.147. The van der Waals surface area contributed by atoms with Gasteiger partial charge >= 0.3 is 5.97 Å². The van der Waals surface area contributed by atoms with Crippen LogP contribution >= 0.6 is 0 Å². The van der Waals surface area contributed by atoms with Gasteiger partial charge in [-0.05, 0) is 24.3 Å². The van der Waals surface area contributed by atoms with Crippen LogP contribution in [0.4, 0.5) is 17.6 Å². The Morgan fingerprint density at radius 2 is 1.62 bits per heavy atom. The molecular formula is C21H21F4NO3. The summed E-state index contributed by atoms with van der Waals surface area (Å²) in [6, 6.07) is 2.00. The summed E-state index contributed by atoms with van der Waals surface area (Å²) in [7, 11) is 1.13. The van der Waals surface area contributed by atoms with Crippen LogP contribution in [0.1, 0.15) is 31.9 Å². The van der Waals surface area contributed by atoms with Gasteiger partial charge in [0.1, 0.15) is 6.61 Å². The topological polar surface area (TPSA) is 59.3 Å². The number of rotatable bonds is 7. The Bertz CT molecular complexity index is 886. The molecule has 2 rings (SSSR count). The number of ether oxygens (including phenoxy) is 2. The molecule has 0 N–H and O–H groups in total. The predicted octanol–water partition coefficient (Wildman–Crippen LogP) is 4.73. The van der Waals surface area contributed by atoms with Crippen molar-refractivity contribution in [1.29, 1.82) is 5.26 Å². The minimum Gasteiger partial charge on any atom is -0.460 e. The third kappa shape index (κ3) is 4.35. The van der Waals surface area contributed by atoms with E-state index in [2.05, 4.69) is 4.74 Å². The van der Waals surface area contributed by atoms with Crippen molar-refractivity contribution in [2.45, 2.75) is 34.0 Å². The van der Waals surface area contributed by atoms with Crippen LogP contribution in [0.2, 0.25) is 0 Å². The van der Waals surface area contributed by atoms with E-state index in [4.69, 9.17) is 10.00 Å². The number of hydrogen-bond acceptors (Lipinski definition) is 4. The molecule has 8 heteroatoms. The van der Waals surface area contributed by atoms with Crippen molar-refractivity contribution in [2.75, 3.05) is 7.11 Å². The first kappa shape index (κ1) is 22.6. The highest BCUT2D eigenvalue weighted by Gasteiger charge is 2.61. The molecule has 156 valence electrons. The fraction of sp³-hybridized carbons (Fsp3) is 0.429. The zero-order valence-electron chi connectivity index (χ0n) is 16.5. The molecule has 29 heavy (non-hydrogen) atoms. The first-order valence-electron chi connectivity index (χ1n) is 8.85. The van der Waals surface area contributed by atoms with E-state index in [0.29, 0.717) is 5.57 Å². The summed E-state index contributed by atoms with van der Waals surface area (Å²) in [6.45, 7) is 3.70. The maximum atomic E-state index is 14.1. The molecule has 1 fully saturated rings. The number of benzene rings is 1. The molecule has 0 radical (unpaired) electrons. The summed E-state index contributed by atoms with van der Waals surface area (Å²) in [4.78, 5) is 12.4. The first-order chi connectivity index (χ1) is 13.6. The average Bonchev–Trinajstić information content (AvgIpc) is 3.22. The van der Waals surface area contributed by atoms with Crippen LogP contribution in [0.25, 0.3) is 0 Å². The Balaban J connectivity index is 2.19. The molecule has 0 saturated heterocycles. The molecule has 1 aliphatic rings. The van der Waals surface area contributed by atoms with E-state index in [0.717, 1.165) is 7.11 Å². The lowest BCUT2D eigenvalue weighted by Gasteiger charge is -2.12. The number of methoxy groups -OCH3 is 1. The molecule has 0 aromatic heterocycles. The first-order valence-corrected chi connectivity index (χ1v) is 8.85. The van der Waals surface area contributed by atoms with E-state index in [1.165, 1.54) is 0 Å². The van der Waals surface area contributed by atoms with Gasteiger partial charge in [-0.15, -0.1) is 0 Å². The lowest BCUT2D eigenvalue weighted by atomic mass is 10.1. The van der Waals surface area contributed by atoms with Crippen molar-refractivity contribution in [3.8, 4) is 6.07 Å². The summed E-state index contributed by atoms with van der Waals surface area (Å²) in [6.07, 6.45) is 4.90. The zero-order chi connectivity index (χ0) is 21.9. The van der Waals surface area contributed by atoms with Crippen molar-refractivity contribution in [3.05, 3.63) is 58.2 Å². The Morgan fingerprint density at radius 3 is 2.07 bits per heavy atom. The van der Waals surface area contributed by atoms with Gasteiger partial charge < -0.3 is 9.47 Å². The smallest absolute Gasteiger partial charge is 0.310 e. The number of hydrogen-bond donors (Lipinski definition) is 0. The van der Waals surface area contributed by atoms with E-state index in [-0.39, 0.29) is 5.92 Å². The number of esters is 1. The van der Waals surface area contributed by atoms with Gasteiger partial charge in [-0.3, -0.25) is 4.79 Å². The number of nitriles is 1. The van der Waals surface area contributed by atoms with Crippen molar-refractivity contribution < 1.29 is 31.8 Å². The van der Waals surface area contributed by atoms with E-state index >= 15 is 0 Å². The van der Waals surface area contributed by atoms with E-state index in [9.17, 15) is 22.4 Å². The van der Waals surface area contributed by atoms with E-state index < -0.39 is 64.9 Å². The minimum absolute atomic E-state index is 0.312. The second-order valence-electron chi connectivity index (χ2n) is 7.31. The summed E-state index contributed by atoms with van der Waals surface area (Å²) >= 11 is 0. The predicted molar refractivity (Wildman–Crippen MR) is 96.1 cm³/mol. The van der Waals surface area contributed by atoms with Crippen molar-refractivity contribution in [3.63, 3.8) is 0 Å². The minimum atomic E-state index is -1.63. The Hall–Kier alpha value is -2.66. The average molecular weight is 411 g/mol. The van der Waals surface area contributed by atoms with Crippen LogP contribution in [0.15, 0.2) is 23.8 Å². The molecule has 1 aromatic rings. The van der Waals surface area contributed by atoms with Crippen molar-refractivity contribution >= 4 is 5.97 Å². The highest BCUT2D eigenvalue weighted by molar-refractivity contribution is 5.78. The van der Waals surface area contributed by atoms with Gasteiger partial charge in [-0.25, -0.2) is 17.6 Å². The molecule has 4 nitrogen and oxygen atoms in total. The van der Waals surface area contributed by atoms with Crippen molar-refractivity contribution in [2.24, 2.45) is 17.3 Å². The molecule has 0 bridgehead atoms. The summed E-state index contributed by atoms with van der Waals surface area (Å²) in [5.41, 5.74) is -2.04. The quantitative estimate of drug-likeness (QED) is 0.214. The highest BCUT2D eigenvalue weighted by Crippen LogP contribution is 2.60. The molecule has 0 heterocycles. The molecular weight excluding hydrogens is 390 g/mol. The number of halogens is 4. The maximum Gasteiger partial charge on any atom is 0.310 e. The van der Waals surface area contributed by atoms with Crippen LogP contribution in [0.5, 0.6) is 0 Å². The van der Waals surface area contributed by atoms with Gasteiger partial charge in [-0.2, -0.15) is 5.26 Å². The van der Waals surface area contributed by atoms with Gasteiger partial charge in [0, 0.05) is 12.7 Å². The lowest BCUT2D eigenvalue weighted by Crippen LogP contribution is -2.15.